The van der Waals surface area contributed by atoms with Crippen molar-refractivity contribution < 1.29 is 14.3 Å². The zero-order valence-electron chi connectivity index (χ0n) is 19.0. The highest BCUT2D eigenvalue weighted by atomic mass is 35.5. The summed E-state index contributed by atoms with van der Waals surface area (Å²) in [6.45, 7) is 4.69. The average Bonchev–Trinajstić information content (AvgIpc) is 3.30. The minimum atomic E-state index is -0.526. The van der Waals surface area contributed by atoms with Gasteiger partial charge in [-0.05, 0) is 62.9 Å². The highest BCUT2D eigenvalue weighted by Crippen LogP contribution is 2.19. The van der Waals surface area contributed by atoms with Gasteiger partial charge in [0.2, 0.25) is 11.8 Å². The van der Waals surface area contributed by atoms with E-state index in [1.807, 2.05) is 50.2 Å². The van der Waals surface area contributed by atoms with E-state index in [0.717, 1.165) is 42.6 Å². The van der Waals surface area contributed by atoms with Crippen LogP contribution in [0.4, 0.5) is 0 Å². The van der Waals surface area contributed by atoms with Crippen LogP contribution in [-0.4, -0.2) is 35.4 Å². The summed E-state index contributed by atoms with van der Waals surface area (Å²) in [6, 6.07) is 15.0. The van der Waals surface area contributed by atoms with E-state index in [1.165, 1.54) is 0 Å². The molecule has 0 saturated heterocycles. The molecule has 6 heteroatoms. The Bertz CT molecular complexity index is 877. The number of amides is 2. The fraction of sp³-hybridized carbons (Fsp3) is 0.462. The third-order valence-electron chi connectivity index (χ3n) is 5.96. The van der Waals surface area contributed by atoms with Gasteiger partial charge in [0.25, 0.3) is 0 Å². The standard InChI is InChI=1S/C26H33ClN2O3/c1-19-9-11-21(12-10-19)18-29(20(2)26(31)28-23-6-3-4-7-23)25(30)8-5-17-32-24-15-13-22(27)14-16-24/h9-16,20,23H,3-8,17-18H2,1-2H3,(H,28,31)/t20-/m1/s1. The molecule has 172 valence electrons. The SMILES string of the molecule is Cc1ccc(CN(C(=O)CCCOc2ccc(Cl)cc2)[C@H](C)C(=O)NC2CCCC2)cc1. The molecular weight excluding hydrogens is 424 g/mol. The number of carbonyl (C=O) groups excluding carboxylic acids is 2. The van der Waals surface area contributed by atoms with Gasteiger partial charge < -0.3 is 15.0 Å². The number of hydrogen-bond donors (Lipinski definition) is 1. The molecule has 2 aromatic rings. The molecule has 1 saturated carbocycles. The van der Waals surface area contributed by atoms with Crippen LogP contribution < -0.4 is 10.1 Å². The first-order valence-electron chi connectivity index (χ1n) is 11.5. The maximum absolute atomic E-state index is 13.1. The largest absolute Gasteiger partial charge is 0.494 e. The minimum Gasteiger partial charge on any atom is -0.494 e. The Morgan fingerprint density at radius 1 is 1.09 bits per heavy atom. The topological polar surface area (TPSA) is 58.6 Å². The van der Waals surface area contributed by atoms with Gasteiger partial charge in [0.05, 0.1) is 6.61 Å². The fourth-order valence-electron chi connectivity index (χ4n) is 3.95. The number of rotatable bonds is 10. The zero-order chi connectivity index (χ0) is 22.9. The second-order valence-electron chi connectivity index (χ2n) is 8.58. The van der Waals surface area contributed by atoms with Crippen molar-refractivity contribution in [3.05, 3.63) is 64.7 Å². The van der Waals surface area contributed by atoms with Gasteiger partial charge >= 0.3 is 0 Å². The molecule has 0 bridgehead atoms. The molecule has 1 N–H and O–H groups in total. The third-order valence-corrected chi connectivity index (χ3v) is 6.21. The number of benzene rings is 2. The van der Waals surface area contributed by atoms with Gasteiger partial charge in [-0.3, -0.25) is 9.59 Å². The molecule has 0 radical (unpaired) electrons. The van der Waals surface area contributed by atoms with E-state index in [4.69, 9.17) is 16.3 Å². The highest BCUT2D eigenvalue weighted by Gasteiger charge is 2.28. The van der Waals surface area contributed by atoms with Crippen molar-refractivity contribution in [1.29, 1.82) is 0 Å². The van der Waals surface area contributed by atoms with Gasteiger partial charge in [-0.1, -0.05) is 54.3 Å². The Labute approximate surface area is 196 Å². The summed E-state index contributed by atoms with van der Waals surface area (Å²) in [7, 11) is 0. The second-order valence-corrected chi connectivity index (χ2v) is 9.02. The summed E-state index contributed by atoms with van der Waals surface area (Å²) in [5.74, 6) is 0.608. The molecule has 5 nitrogen and oxygen atoms in total. The molecule has 0 aromatic heterocycles. The lowest BCUT2D eigenvalue weighted by Crippen LogP contribution is -2.49. The number of ether oxygens (including phenoxy) is 1. The molecule has 1 aliphatic carbocycles. The van der Waals surface area contributed by atoms with Crippen LogP contribution in [0.15, 0.2) is 48.5 Å². The van der Waals surface area contributed by atoms with Crippen molar-refractivity contribution in [2.75, 3.05) is 6.61 Å². The Morgan fingerprint density at radius 3 is 2.41 bits per heavy atom. The predicted octanol–water partition coefficient (Wildman–Crippen LogP) is 5.28. The number of nitrogens with one attached hydrogen (secondary N) is 1. The van der Waals surface area contributed by atoms with E-state index in [2.05, 4.69) is 5.32 Å². The summed E-state index contributed by atoms with van der Waals surface area (Å²) in [5, 5.41) is 3.79. The maximum atomic E-state index is 13.1. The number of halogens is 1. The molecular formula is C26H33ClN2O3. The Morgan fingerprint density at radius 2 is 1.75 bits per heavy atom. The lowest BCUT2D eigenvalue weighted by Gasteiger charge is -2.30. The lowest BCUT2D eigenvalue weighted by atomic mass is 10.1. The first kappa shape index (κ1) is 24.1. The summed E-state index contributed by atoms with van der Waals surface area (Å²) in [4.78, 5) is 27.7. The van der Waals surface area contributed by atoms with Crippen molar-refractivity contribution >= 4 is 23.4 Å². The van der Waals surface area contributed by atoms with Crippen LogP contribution >= 0.6 is 11.6 Å². The van der Waals surface area contributed by atoms with Gasteiger partial charge in [0.1, 0.15) is 11.8 Å². The molecule has 1 aliphatic rings. The molecule has 1 fully saturated rings. The number of hydrogen-bond acceptors (Lipinski definition) is 3. The van der Waals surface area contributed by atoms with Gasteiger partial charge in [-0.15, -0.1) is 0 Å². The molecule has 3 rings (SSSR count). The zero-order valence-corrected chi connectivity index (χ0v) is 19.7. The average molecular weight is 457 g/mol. The minimum absolute atomic E-state index is 0.0423. The molecule has 32 heavy (non-hydrogen) atoms. The van der Waals surface area contributed by atoms with Gasteiger partial charge in [-0.25, -0.2) is 0 Å². The molecule has 0 unspecified atom stereocenters. The van der Waals surface area contributed by atoms with E-state index >= 15 is 0 Å². The fourth-order valence-corrected chi connectivity index (χ4v) is 4.08. The van der Waals surface area contributed by atoms with Gasteiger partial charge in [-0.2, -0.15) is 0 Å². The normalized spacial score (nSPS) is 14.7. The van der Waals surface area contributed by atoms with E-state index in [1.54, 1.807) is 17.0 Å². The molecule has 0 aliphatic heterocycles. The quantitative estimate of drug-likeness (QED) is 0.494. The molecule has 0 heterocycles. The summed E-state index contributed by atoms with van der Waals surface area (Å²) in [5.41, 5.74) is 2.18. The second kappa shape index (κ2) is 11.9. The first-order valence-corrected chi connectivity index (χ1v) is 11.8. The van der Waals surface area contributed by atoms with Crippen molar-refractivity contribution in [2.24, 2.45) is 0 Å². The monoisotopic (exact) mass is 456 g/mol. The van der Waals surface area contributed by atoms with Crippen LogP contribution in [0.3, 0.4) is 0 Å². The van der Waals surface area contributed by atoms with E-state index in [9.17, 15) is 9.59 Å². The molecule has 2 amide bonds. The number of aryl methyl sites for hydroxylation is 1. The number of nitrogens with zero attached hydrogens (tertiary/aromatic N) is 1. The van der Waals surface area contributed by atoms with Crippen LogP contribution in [0.2, 0.25) is 5.02 Å². The summed E-state index contributed by atoms with van der Waals surface area (Å²) >= 11 is 5.89. The summed E-state index contributed by atoms with van der Waals surface area (Å²) in [6.07, 6.45) is 5.24. The predicted molar refractivity (Wildman–Crippen MR) is 128 cm³/mol. The lowest BCUT2D eigenvalue weighted by molar-refractivity contribution is -0.141. The molecule has 1 atom stereocenters. The van der Waals surface area contributed by atoms with Crippen molar-refractivity contribution in [1.82, 2.24) is 10.2 Å². The van der Waals surface area contributed by atoms with Crippen molar-refractivity contribution in [3.63, 3.8) is 0 Å². The third kappa shape index (κ3) is 7.27. The van der Waals surface area contributed by atoms with Crippen LogP contribution in [0.5, 0.6) is 5.75 Å². The maximum Gasteiger partial charge on any atom is 0.242 e. The van der Waals surface area contributed by atoms with Crippen LogP contribution in [0.1, 0.15) is 56.6 Å². The molecule has 2 aromatic carbocycles. The van der Waals surface area contributed by atoms with Crippen LogP contribution in [0, 0.1) is 6.92 Å². The van der Waals surface area contributed by atoms with E-state index < -0.39 is 6.04 Å². The first-order chi connectivity index (χ1) is 15.4. The smallest absolute Gasteiger partial charge is 0.242 e. The van der Waals surface area contributed by atoms with Crippen LogP contribution in [0.25, 0.3) is 0 Å². The number of carbonyl (C=O) groups is 2. The van der Waals surface area contributed by atoms with Crippen molar-refractivity contribution in [2.45, 2.75) is 71.0 Å². The Balaban J connectivity index is 1.59. The van der Waals surface area contributed by atoms with Crippen LogP contribution in [-0.2, 0) is 16.1 Å². The Hall–Kier alpha value is -2.53. The summed E-state index contributed by atoms with van der Waals surface area (Å²) < 4.78 is 5.71. The van der Waals surface area contributed by atoms with Crippen molar-refractivity contribution in [3.8, 4) is 5.75 Å². The van der Waals surface area contributed by atoms with E-state index in [-0.39, 0.29) is 17.9 Å². The molecule has 0 spiro atoms. The van der Waals surface area contributed by atoms with Gasteiger partial charge in [0.15, 0.2) is 0 Å². The highest BCUT2D eigenvalue weighted by molar-refractivity contribution is 6.30. The van der Waals surface area contributed by atoms with Gasteiger partial charge in [0, 0.05) is 24.0 Å². The Kier molecular flexibility index (Phi) is 8.98. The van der Waals surface area contributed by atoms with E-state index in [0.29, 0.717) is 31.0 Å².